The summed E-state index contributed by atoms with van der Waals surface area (Å²) in [6, 6.07) is 13.6. The van der Waals surface area contributed by atoms with E-state index >= 15 is 0 Å². The third-order valence-electron chi connectivity index (χ3n) is 4.00. The Morgan fingerprint density at radius 3 is 2.15 bits per heavy atom. The number of nitrogens with one attached hydrogen (secondary N) is 1. The van der Waals surface area contributed by atoms with Crippen molar-refractivity contribution >= 4 is 33.2 Å². The number of carbonyl (C=O) groups excluding carboxylic acids is 1. The van der Waals surface area contributed by atoms with Crippen molar-refractivity contribution in [2.45, 2.75) is 31.6 Å². The highest BCUT2D eigenvalue weighted by Gasteiger charge is 2.16. The molecule has 0 aliphatic carbocycles. The van der Waals surface area contributed by atoms with Gasteiger partial charge in [-0.05, 0) is 47.9 Å². The van der Waals surface area contributed by atoms with E-state index < -0.39 is 10.0 Å². The standard InChI is InChI=1S/C19H23ClN2O3S/c1-14(2)16-4-10-19(11-5-16)26(24,25)21-12-13-22(15(3)23)18-8-6-17(20)7-9-18/h4-11,14,21H,12-13H2,1-3H3. The van der Waals surface area contributed by atoms with Crippen molar-refractivity contribution in [3.63, 3.8) is 0 Å². The highest BCUT2D eigenvalue weighted by molar-refractivity contribution is 7.89. The number of nitrogens with zero attached hydrogens (tertiary/aromatic N) is 1. The molecule has 0 aromatic heterocycles. The lowest BCUT2D eigenvalue weighted by molar-refractivity contribution is -0.116. The number of halogens is 1. The minimum Gasteiger partial charge on any atom is -0.311 e. The fraction of sp³-hybridized carbons (Fsp3) is 0.316. The molecule has 2 aromatic rings. The molecule has 0 bridgehead atoms. The first-order chi connectivity index (χ1) is 12.2. The lowest BCUT2D eigenvalue weighted by atomic mass is 10.0. The molecule has 140 valence electrons. The molecule has 0 atom stereocenters. The van der Waals surface area contributed by atoms with E-state index in [1.807, 2.05) is 12.1 Å². The zero-order chi connectivity index (χ0) is 19.3. The fourth-order valence-corrected chi connectivity index (χ4v) is 3.64. The maximum absolute atomic E-state index is 12.4. The van der Waals surface area contributed by atoms with Crippen LogP contribution in [0, 0.1) is 0 Å². The van der Waals surface area contributed by atoms with Crippen molar-refractivity contribution in [2.75, 3.05) is 18.0 Å². The molecule has 0 aliphatic heterocycles. The molecular formula is C19H23ClN2O3S. The Labute approximate surface area is 160 Å². The van der Waals surface area contributed by atoms with Crippen molar-refractivity contribution in [3.8, 4) is 0 Å². The summed E-state index contributed by atoms with van der Waals surface area (Å²) in [5.74, 6) is 0.163. The van der Waals surface area contributed by atoms with Crippen LogP contribution in [-0.2, 0) is 14.8 Å². The Morgan fingerprint density at radius 1 is 1.08 bits per heavy atom. The zero-order valence-corrected chi connectivity index (χ0v) is 16.6. The average Bonchev–Trinajstić information content (AvgIpc) is 2.59. The molecule has 0 spiro atoms. The van der Waals surface area contributed by atoms with Crippen molar-refractivity contribution in [1.82, 2.24) is 4.72 Å². The molecule has 7 heteroatoms. The quantitative estimate of drug-likeness (QED) is 0.776. The summed E-state index contributed by atoms with van der Waals surface area (Å²) < 4.78 is 27.4. The Kier molecular flexibility index (Phi) is 6.81. The van der Waals surface area contributed by atoms with Crippen molar-refractivity contribution in [1.29, 1.82) is 0 Å². The van der Waals surface area contributed by atoms with Gasteiger partial charge in [-0.2, -0.15) is 0 Å². The molecule has 0 aliphatic rings. The molecule has 0 unspecified atom stereocenters. The number of sulfonamides is 1. The molecule has 0 saturated carbocycles. The molecular weight excluding hydrogens is 372 g/mol. The van der Waals surface area contributed by atoms with Gasteiger partial charge in [0.1, 0.15) is 0 Å². The van der Waals surface area contributed by atoms with Gasteiger partial charge in [-0.1, -0.05) is 37.6 Å². The summed E-state index contributed by atoms with van der Waals surface area (Å²) in [5.41, 5.74) is 1.75. The summed E-state index contributed by atoms with van der Waals surface area (Å²) >= 11 is 5.86. The first kappa shape index (κ1) is 20.4. The molecule has 0 heterocycles. The number of carbonyl (C=O) groups is 1. The van der Waals surface area contributed by atoms with Gasteiger partial charge in [-0.25, -0.2) is 13.1 Å². The van der Waals surface area contributed by atoms with E-state index in [4.69, 9.17) is 11.6 Å². The lowest BCUT2D eigenvalue weighted by Crippen LogP contribution is -2.37. The highest BCUT2D eigenvalue weighted by Crippen LogP contribution is 2.19. The molecule has 1 amide bonds. The third-order valence-corrected chi connectivity index (χ3v) is 5.73. The van der Waals surface area contributed by atoms with E-state index in [0.29, 0.717) is 16.6 Å². The predicted molar refractivity (Wildman–Crippen MR) is 105 cm³/mol. The topological polar surface area (TPSA) is 66.5 Å². The molecule has 2 aromatic carbocycles. The minimum atomic E-state index is -3.62. The van der Waals surface area contributed by atoms with Gasteiger partial charge in [-0.15, -0.1) is 0 Å². The van der Waals surface area contributed by atoms with Gasteiger partial charge in [0.05, 0.1) is 4.90 Å². The maximum atomic E-state index is 12.4. The van der Waals surface area contributed by atoms with Crippen molar-refractivity contribution in [3.05, 3.63) is 59.1 Å². The molecule has 5 nitrogen and oxygen atoms in total. The summed E-state index contributed by atoms with van der Waals surface area (Å²) in [5, 5.41) is 0.572. The summed E-state index contributed by atoms with van der Waals surface area (Å²) in [7, 11) is -3.62. The molecule has 2 rings (SSSR count). The first-order valence-corrected chi connectivity index (χ1v) is 10.2. The number of anilines is 1. The van der Waals surface area contributed by atoms with Gasteiger partial charge in [0, 0.05) is 30.7 Å². The Hall–Kier alpha value is -1.89. The van der Waals surface area contributed by atoms with Gasteiger partial charge in [0.15, 0.2) is 0 Å². The van der Waals surface area contributed by atoms with Crippen molar-refractivity contribution in [2.24, 2.45) is 0 Å². The fourth-order valence-electron chi connectivity index (χ4n) is 2.50. The first-order valence-electron chi connectivity index (χ1n) is 8.34. The van der Waals surface area contributed by atoms with Crippen LogP contribution in [0.25, 0.3) is 0 Å². The van der Waals surface area contributed by atoms with Gasteiger partial charge >= 0.3 is 0 Å². The number of rotatable bonds is 7. The molecule has 0 saturated heterocycles. The summed E-state index contributed by atoms with van der Waals surface area (Å²) in [4.78, 5) is 13.6. The Morgan fingerprint density at radius 2 is 1.65 bits per heavy atom. The Balaban J connectivity index is 2.03. The smallest absolute Gasteiger partial charge is 0.240 e. The molecule has 26 heavy (non-hydrogen) atoms. The highest BCUT2D eigenvalue weighted by atomic mass is 35.5. The number of hydrogen-bond donors (Lipinski definition) is 1. The second-order valence-corrected chi connectivity index (χ2v) is 8.47. The van der Waals surface area contributed by atoms with Gasteiger partial charge < -0.3 is 4.90 Å². The van der Waals surface area contributed by atoms with Crippen LogP contribution in [-0.4, -0.2) is 27.4 Å². The van der Waals surface area contributed by atoms with Crippen LogP contribution in [0.1, 0.15) is 32.3 Å². The largest absolute Gasteiger partial charge is 0.311 e. The number of amides is 1. The zero-order valence-electron chi connectivity index (χ0n) is 15.1. The van der Waals surface area contributed by atoms with Gasteiger partial charge in [0.2, 0.25) is 15.9 Å². The number of benzene rings is 2. The normalized spacial score (nSPS) is 11.6. The van der Waals surface area contributed by atoms with Gasteiger partial charge in [0.25, 0.3) is 0 Å². The van der Waals surface area contributed by atoms with E-state index in [-0.39, 0.29) is 23.9 Å². The number of hydrogen-bond acceptors (Lipinski definition) is 3. The summed E-state index contributed by atoms with van der Waals surface area (Å²) in [6.45, 7) is 5.87. The lowest BCUT2D eigenvalue weighted by Gasteiger charge is -2.21. The van der Waals surface area contributed by atoms with Crippen LogP contribution >= 0.6 is 11.6 Å². The minimum absolute atomic E-state index is 0.108. The molecule has 0 fully saturated rings. The third kappa shape index (κ3) is 5.30. The van der Waals surface area contributed by atoms with Gasteiger partial charge in [-0.3, -0.25) is 4.79 Å². The van der Waals surface area contributed by atoms with E-state index in [0.717, 1.165) is 5.56 Å². The van der Waals surface area contributed by atoms with E-state index in [1.165, 1.54) is 11.8 Å². The summed E-state index contributed by atoms with van der Waals surface area (Å²) in [6.07, 6.45) is 0. The second-order valence-electron chi connectivity index (χ2n) is 6.27. The van der Waals surface area contributed by atoms with Crippen LogP contribution in [0.4, 0.5) is 5.69 Å². The van der Waals surface area contributed by atoms with E-state index in [1.54, 1.807) is 36.4 Å². The van der Waals surface area contributed by atoms with E-state index in [2.05, 4.69) is 18.6 Å². The monoisotopic (exact) mass is 394 g/mol. The Bertz CT molecular complexity index is 847. The van der Waals surface area contributed by atoms with Crippen LogP contribution < -0.4 is 9.62 Å². The van der Waals surface area contributed by atoms with Crippen LogP contribution in [0.2, 0.25) is 5.02 Å². The molecule has 1 N–H and O–H groups in total. The van der Waals surface area contributed by atoms with Crippen LogP contribution in [0.5, 0.6) is 0 Å². The molecule has 0 radical (unpaired) electrons. The maximum Gasteiger partial charge on any atom is 0.240 e. The van der Waals surface area contributed by atoms with Crippen molar-refractivity contribution < 1.29 is 13.2 Å². The second kappa shape index (κ2) is 8.66. The van der Waals surface area contributed by atoms with Crippen LogP contribution in [0.3, 0.4) is 0 Å². The predicted octanol–water partition coefficient (Wildman–Crippen LogP) is 3.79. The van der Waals surface area contributed by atoms with Crippen LogP contribution in [0.15, 0.2) is 53.4 Å². The SMILES string of the molecule is CC(=O)N(CCNS(=O)(=O)c1ccc(C(C)C)cc1)c1ccc(Cl)cc1. The average molecular weight is 395 g/mol. The van der Waals surface area contributed by atoms with E-state index in [9.17, 15) is 13.2 Å².